The lowest BCUT2D eigenvalue weighted by Gasteiger charge is -2.06. The Morgan fingerprint density at radius 1 is 1.39 bits per heavy atom. The molecule has 0 aliphatic heterocycles. The Bertz CT molecular complexity index is 580. The minimum atomic E-state index is -0.185. The van der Waals surface area contributed by atoms with Crippen molar-refractivity contribution in [2.24, 2.45) is 0 Å². The molecule has 1 aromatic heterocycles. The summed E-state index contributed by atoms with van der Waals surface area (Å²) in [6, 6.07) is 8.90. The van der Waals surface area contributed by atoms with Gasteiger partial charge in [0.2, 0.25) is 0 Å². The highest BCUT2D eigenvalue weighted by Gasteiger charge is 2.09. The Kier molecular flexibility index (Phi) is 3.89. The molecule has 1 amide bonds. The molecule has 0 atom stereocenters. The number of amides is 1. The molecule has 3 N–H and O–H groups in total. The van der Waals surface area contributed by atoms with Crippen LogP contribution in [0.15, 0.2) is 30.3 Å². The van der Waals surface area contributed by atoms with Crippen molar-refractivity contribution in [2.75, 3.05) is 5.73 Å². The third-order valence-corrected chi connectivity index (χ3v) is 3.71. The van der Waals surface area contributed by atoms with Gasteiger partial charge in [-0.05, 0) is 37.3 Å². The Morgan fingerprint density at radius 3 is 2.78 bits per heavy atom. The van der Waals surface area contributed by atoms with Crippen LogP contribution in [0.3, 0.4) is 0 Å². The van der Waals surface area contributed by atoms with Crippen LogP contribution in [0.4, 0.5) is 5.69 Å². The largest absolute Gasteiger partial charge is 0.398 e. The molecule has 18 heavy (non-hydrogen) atoms. The number of nitrogens with one attached hydrogen (secondary N) is 1. The van der Waals surface area contributed by atoms with E-state index in [4.69, 9.17) is 17.3 Å². The quantitative estimate of drug-likeness (QED) is 0.848. The van der Waals surface area contributed by atoms with Crippen molar-refractivity contribution in [1.82, 2.24) is 5.32 Å². The second-order valence-corrected chi connectivity index (χ2v) is 5.74. The maximum absolute atomic E-state index is 11.9. The molecule has 94 valence electrons. The summed E-state index contributed by atoms with van der Waals surface area (Å²) in [6.07, 6.45) is 0. The van der Waals surface area contributed by atoms with Gasteiger partial charge in [0.1, 0.15) is 0 Å². The van der Waals surface area contributed by atoms with E-state index in [0.717, 1.165) is 4.88 Å². The van der Waals surface area contributed by atoms with Crippen molar-refractivity contribution < 1.29 is 4.79 Å². The fourth-order valence-electron chi connectivity index (χ4n) is 1.58. The van der Waals surface area contributed by atoms with Gasteiger partial charge in [0.05, 0.1) is 12.1 Å². The number of rotatable bonds is 3. The van der Waals surface area contributed by atoms with E-state index in [9.17, 15) is 4.79 Å². The molecule has 0 aliphatic rings. The maximum atomic E-state index is 11.9. The third kappa shape index (κ3) is 3.03. The van der Waals surface area contributed by atoms with Crippen LogP contribution in [0.25, 0.3) is 0 Å². The summed E-state index contributed by atoms with van der Waals surface area (Å²) in [6.45, 7) is 2.55. The number of halogens is 1. The average Bonchev–Trinajstić information content (AvgIpc) is 2.72. The van der Waals surface area contributed by atoms with Gasteiger partial charge in [-0.1, -0.05) is 11.6 Å². The highest BCUT2D eigenvalue weighted by molar-refractivity contribution is 7.11. The number of carbonyl (C=O) groups is 1. The van der Waals surface area contributed by atoms with Gasteiger partial charge >= 0.3 is 0 Å². The molecule has 0 unspecified atom stereocenters. The smallest absolute Gasteiger partial charge is 0.253 e. The second kappa shape index (κ2) is 5.42. The molecule has 0 bridgehead atoms. The lowest BCUT2D eigenvalue weighted by Crippen LogP contribution is -2.23. The summed E-state index contributed by atoms with van der Waals surface area (Å²) in [5.41, 5.74) is 6.60. The first kappa shape index (κ1) is 12.9. The highest BCUT2D eigenvalue weighted by atomic mass is 35.5. The van der Waals surface area contributed by atoms with E-state index >= 15 is 0 Å². The predicted molar refractivity (Wildman–Crippen MR) is 76.1 cm³/mol. The van der Waals surface area contributed by atoms with E-state index < -0.39 is 0 Å². The lowest BCUT2D eigenvalue weighted by molar-refractivity contribution is 0.0952. The van der Waals surface area contributed by atoms with Gasteiger partial charge in [-0.25, -0.2) is 0 Å². The zero-order chi connectivity index (χ0) is 13.1. The van der Waals surface area contributed by atoms with E-state index in [1.165, 1.54) is 4.88 Å². The van der Waals surface area contributed by atoms with Crippen LogP contribution in [0.5, 0.6) is 0 Å². The minimum absolute atomic E-state index is 0.185. The van der Waals surface area contributed by atoms with Crippen molar-refractivity contribution in [3.05, 3.63) is 50.7 Å². The van der Waals surface area contributed by atoms with Crippen molar-refractivity contribution in [3.63, 3.8) is 0 Å². The van der Waals surface area contributed by atoms with Gasteiger partial charge < -0.3 is 11.1 Å². The molecule has 0 aliphatic carbocycles. The number of hydrogen-bond donors (Lipinski definition) is 2. The third-order valence-electron chi connectivity index (χ3n) is 2.48. The van der Waals surface area contributed by atoms with Crippen molar-refractivity contribution in [1.29, 1.82) is 0 Å². The van der Waals surface area contributed by atoms with Gasteiger partial charge in [0, 0.05) is 20.5 Å². The summed E-state index contributed by atoms with van der Waals surface area (Å²) in [7, 11) is 0. The van der Waals surface area contributed by atoms with Crippen molar-refractivity contribution in [2.45, 2.75) is 13.5 Å². The molecule has 3 nitrogen and oxygen atoms in total. The van der Waals surface area contributed by atoms with E-state index in [0.29, 0.717) is 22.8 Å². The number of aryl methyl sites for hydroxylation is 1. The normalized spacial score (nSPS) is 10.3. The molecule has 0 saturated heterocycles. The first-order valence-electron chi connectivity index (χ1n) is 5.45. The maximum Gasteiger partial charge on any atom is 0.253 e. The number of carbonyl (C=O) groups excluding carboxylic acids is 1. The Hall–Kier alpha value is -1.52. The number of thiophene rings is 1. The summed E-state index contributed by atoms with van der Waals surface area (Å²) in [5, 5.41) is 3.36. The molecule has 1 heterocycles. The molecular formula is C13H13ClN2OS. The Balaban J connectivity index is 2.03. The number of hydrogen-bond acceptors (Lipinski definition) is 3. The fourth-order valence-corrected chi connectivity index (χ4v) is 2.59. The molecule has 5 heteroatoms. The monoisotopic (exact) mass is 280 g/mol. The van der Waals surface area contributed by atoms with Gasteiger partial charge in [0.15, 0.2) is 0 Å². The predicted octanol–water partition coefficient (Wildman–Crippen LogP) is 3.22. The van der Waals surface area contributed by atoms with E-state index in [-0.39, 0.29) is 5.91 Å². The average molecular weight is 281 g/mol. The van der Waals surface area contributed by atoms with E-state index in [1.54, 1.807) is 29.5 Å². The van der Waals surface area contributed by atoms with Crippen molar-refractivity contribution in [3.8, 4) is 0 Å². The van der Waals surface area contributed by atoms with Crippen LogP contribution in [-0.2, 0) is 6.54 Å². The summed E-state index contributed by atoms with van der Waals surface area (Å²) in [5.74, 6) is -0.185. The number of nitrogen functional groups attached to an aromatic ring is 1. The first-order valence-corrected chi connectivity index (χ1v) is 6.64. The lowest BCUT2D eigenvalue weighted by atomic mass is 10.1. The van der Waals surface area contributed by atoms with Gasteiger partial charge in [0.25, 0.3) is 5.91 Å². The Morgan fingerprint density at radius 2 is 2.17 bits per heavy atom. The van der Waals surface area contributed by atoms with E-state index in [2.05, 4.69) is 5.32 Å². The first-order chi connectivity index (χ1) is 8.56. The van der Waals surface area contributed by atoms with Gasteiger partial charge in [-0.2, -0.15) is 0 Å². The summed E-state index contributed by atoms with van der Waals surface area (Å²) in [4.78, 5) is 14.3. The molecule has 0 spiro atoms. The minimum Gasteiger partial charge on any atom is -0.398 e. The molecule has 0 fully saturated rings. The van der Waals surface area contributed by atoms with Gasteiger partial charge in [-0.3, -0.25) is 4.79 Å². The molecule has 2 rings (SSSR count). The molecular weight excluding hydrogens is 268 g/mol. The standard InChI is InChI=1S/C13H13ClN2OS/c1-8-2-4-10(18-8)7-16-13(17)11-5-3-9(14)6-12(11)15/h2-6H,7,15H2,1H3,(H,16,17). The molecule has 1 aromatic carbocycles. The SMILES string of the molecule is Cc1ccc(CNC(=O)c2ccc(Cl)cc2N)s1. The number of benzene rings is 1. The Labute approximate surface area is 115 Å². The topological polar surface area (TPSA) is 55.1 Å². The zero-order valence-corrected chi connectivity index (χ0v) is 11.4. The highest BCUT2D eigenvalue weighted by Crippen LogP contribution is 2.18. The molecule has 2 aromatic rings. The molecule has 0 saturated carbocycles. The van der Waals surface area contributed by atoms with Crippen LogP contribution in [0, 0.1) is 6.92 Å². The second-order valence-electron chi connectivity index (χ2n) is 3.93. The van der Waals surface area contributed by atoms with Crippen molar-refractivity contribution >= 4 is 34.5 Å². The van der Waals surface area contributed by atoms with E-state index in [1.807, 2.05) is 19.1 Å². The molecule has 0 radical (unpaired) electrons. The van der Waals surface area contributed by atoms with Crippen LogP contribution >= 0.6 is 22.9 Å². The zero-order valence-electron chi connectivity index (χ0n) is 9.87. The summed E-state index contributed by atoms with van der Waals surface area (Å²) < 4.78 is 0. The van der Waals surface area contributed by atoms with Crippen LogP contribution in [0.1, 0.15) is 20.1 Å². The van der Waals surface area contributed by atoms with Crippen LogP contribution in [0.2, 0.25) is 5.02 Å². The van der Waals surface area contributed by atoms with Crippen LogP contribution in [-0.4, -0.2) is 5.91 Å². The van der Waals surface area contributed by atoms with Crippen LogP contribution < -0.4 is 11.1 Å². The number of anilines is 1. The van der Waals surface area contributed by atoms with Gasteiger partial charge in [-0.15, -0.1) is 11.3 Å². The number of nitrogens with two attached hydrogens (primary N) is 1. The fraction of sp³-hybridized carbons (Fsp3) is 0.154. The summed E-state index contributed by atoms with van der Waals surface area (Å²) >= 11 is 7.45.